The lowest BCUT2D eigenvalue weighted by Gasteiger charge is -2.21. The van der Waals surface area contributed by atoms with E-state index in [2.05, 4.69) is 18.0 Å². The topological polar surface area (TPSA) is 35.4 Å². The van der Waals surface area contributed by atoms with Gasteiger partial charge < -0.3 is 10.1 Å². The van der Waals surface area contributed by atoms with Crippen molar-refractivity contribution in [2.75, 3.05) is 6.54 Å². The van der Waals surface area contributed by atoms with Crippen molar-refractivity contribution in [3.8, 4) is 0 Å². The predicted octanol–water partition coefficient (Wildman–Crippen LogP) is 2.46. The maximum atomic E-state index is 12.1. The van der Waals surface area contributed by atoms with Gasteiger partial charge in [-0.2, -0.15) is 0 Å². The van der Waals surface area contributed by atoms with Crippen molar-refractivity contribution >= 4 is 5.90 Å². The zero-order valence-corrected chi connectivity index (χ0v) is 10.7. The van der Waals surface area contributed by atoms with Crippen LogP contribution in [0, 0.1) is 12.8 Å². The minimum Gasteiger partial charge on any atom is -0.858 e. The Morgan fingerprint density at radius 3 is 2.94 bits per heavy atom. The number of rotatable bonds is 0. The van der Waals surface area contributed by atoms with E-state index < -0.39 is 0 Å². The zero-order valence-electron chi connectivity index (χ0n) is 10.7. The van der Waals surface area contributed by atoms with Crippen molar-refractivity contribution < 1.29 is 5.11 Å². The maximum absolute atomic E-state index is 12.1. The summed E-state index contributed by atoms with van der Waals surface area (Å²) in [5.74, 6) is 0.658. The Kier molecular flexibility index (Phi) is 3.82. The van der Waals surface area contributed by atoms with Crippen LogP contribution in [0.15, 0.2) is 23.2 Å². The number of fused-ring (bicyclic) bond motifs is 1. The number of hydrogen-bond acceptors (Lipinski definition) is 2. The molecule has 2 nitrogen and oxygen atoms in total. The van der Waals surface area contributed by atoms with Crippen LogP contribution in [0.1, 0.15) is 42.9 Å². The molecule has 1 heterocycles. The number of nitrogens with zero attached hydrogens (tertiary/aromatic N) is 1. The van der Waals surface area contributed by atoms with Gasteiger partial charge in [-0.3, -0.25) is 0 Å². The van der Waals surface area contributed by atoms with Crippen molar-refractivity contribution in [2.24, 2.45) is 10.9 Å². The van der Waals surface area contributed by atoms with Crippen molar-refractivity contribution in [3.63, 3.8) is 0 Å². The van der Waals surface area contributed by atoms with Gasteiger partial charge in [0.25, 0.3) is 0 Å². The summed E-state index contributed by atoms with van der Waals surface area (Å²) in [4.78, 5) is 4.20. The van der Waals surface area contributed by atoms with Gasteiger partial charge in [0, 0.05) is 6.54 Å². The predicted molar refractivity (Wildman–Crippen MR) is 69.3 cm³/mol. The molecule has 0 amide bonds. The molecular weight excluding hydrogens is 210 g/mol. The SMILES string of the molecule is Cc1cccc2c1C([O-])=NCCC(C)CCC2. The molecule has 0 aromatic heterocycles. The Labute approximate surface area is 103 Å². The number of hydrogen-bond donors (Lipinski definition) is 0. The first-order valence-corrected chi connectivity index (χ1v) is 6.49. The van der Waals surface area contributed by atoms with Crippen LogP contribution in [-0.4, -0.2) is 12.4 Å². The molecule has 1 atom stereocenters. The molecule has 1 aliphatic heterocycles. The van der Waals surface area contributed by atoms with Gasteiger partial charge in [0.05, 0.1) is 0 Å². The summed E-state index contributed by atoms with van der Waals surface area (Å²) in [5.41, 5.74) is 3.08. The lowest BCUT2D eigenvalue weighted by Crippen LogP contribution is -2.23. The van der Waals surface area contributed by atoms with Crippen LogP contribution in [-0.2, 0) is 6.42 Å². The quantitative estimate of drug-likeness (QED) is 0.674. The Hall–Kier alpha value is -1.31. The van der Waals surface area contributed by atoms with Gasteiger partial charge in [0.15, 0.2) is 0 Å². The smallest absolute Gasteiger partial charge is 0.0384 e. The molecule has 0 bridgehead atoms. The van der Waals surface area contributed by atoms with Crippen molar-refractivity contribution in [3.05, 3.63) is 34.9 Å². The fraction of sp³-hybridized carbons (Fsp3) is 0.533. The fourth-order valence-corrected chi connectivity index (χ4v) is 2.49. The number of benzene rings is 1. The largest absolute Gasteiger partial charge is 0.858 e. The van der Waals surface area contributed by atoms with Gasteiger partial charge in [-0.15, -0.1) is 0 Å². The molecule has 1 aliphatic rings. The highest BCUT2D eigenvalue weighted by Gasteiger charge is 2.09. The maximum Gasteiger partial charge on any atom is 0.0384 e. The molecule has 0 fully saturated rings. The van der Waals surface area contributed by atoms with E-state index >= 15 is 0 Å². The van der Waals surface area contributed by atoms with E-state index in [-0.39, 0.29) is 5.90 Å². The molecule has 0 N–H and O–H groups in total. The Bertz CT molecular complexity index is 423. The summed E-state index contributed by atoms with van der Waals surface area (Å²) in [6.45, 7) is 4.92. The van der Waals surface area contributed by atoms with E-state index in [1.165, 1.54) is 18.4 Å². The van der Waals surface area contributed by atoms with Crippen LogP contribution < -0.4 is 5.11 Å². The number of aliphatic imine (C=N–C) groups is 1. The average Bonchev–Trinajstić information content (AvgIpc) is 2.28. The fourth-order valence-electron chi connectivity index (χ4n) is 2.49. The van der Waals surface area contributed by atoms with Crippen molar-refractivity contribution in [2.45, 2.75) is 39.5 Å². The second-order valence-electron chi connectivity index (χ2n) is 5.08. The van der Waals surface area contributed by atoms with Gasteiger partial charge >= 0.3 is 0 Å². The summed E-state index contributed by atoms with van der Waals surface area (Å²) < 4.78 is 0. The molecule has 1 aromatic carbocycles. The van der Waals surface area contributed by atoms with E-state index in [0.29, 0.717) is 12.5 Å². The summed E-state index contributed by atoms with van der Waals surface area (Å²) in [5, 5.41) is 12.1. The third kappa shape index (κ3) is 2.87. The van der Waals surface area contributed by atoms with Gasteiger partial charge in [-0.05, 0) is 54.7 Å². The first kappa shape index (κ1) is 12.2. The third-order valence-electron chi connectivity index (χ3n) is 3.59. The van der Waals surface area contributed by atoms with E-state index in [0.717, 1.165) is 24.0 Å². The van der Waals surface area contributed by atoms with Crippen molar-refractivity contribution in [1.29, 1.82) is 0 Å². The molecule has 1 unspecified atom stereocenters. The van der Waals surface area contributed by atoms with Gasteiger partial charge in [-0.1, -0.05) is 31.5 Å². The second kappa shape index (κ2) is 5.35. The first-order chi connectivity index (χ1) is 8.18. The van der Waals surface area contributed by atoms with Crippen LogP contribution in [0.4, 0.5) is 0 Å². The molecule has 17 heavy (non-hydrogen) atoms. The van der Waals surface area contributed by atoms with Crippen LogP contribution in [0.5, 0.6) is 0 Å². The third-order valence-corrected chi connectivity index (χ3v) is 3.59. The lowest BCUT2D eigenvalue weighted by molar-refractivity contribution is -0.213. The van der Waals surface area contributed by atoms with E-state index in [4.69, 9.17) is 0 Å². The molecule has 0 saturated heterocycles. The number of aryl methyl sites for hydroxylation is 2. The normalized spacial score (nSPS) is 21.5. The summed E-state index contributed by atoms with van der Waals surface area (Å²) in [7, 11) is 0. The second-order valence-corrected chi connectivity index (χ2v) is 5.08. The van der Waals surface area contributed by atoms with Crippen LogP contribution >= 0.6 is 0 Å². The minimum absolute atomic E-state index is 0.0211. The average molecular weight is 230 g/mol. The summed E-state index contributed by atoms with van der Waals surface area (Å²) in [6, 6.07) is 6.11. The molecule has 0 aliphatic carbocycles. The van der Waals surface area contributed by atoms with Crippen molar-refractivity contribution in [1.82, 2.24) is 0 Å². The Balaban J connectivity index is 2.37. The Morgan fingerprint density at radius 1 is 1.29 bits per heavy atom. The minimum atomic E-state index is -0.0211. The van der Waals surface area contributed by atoms with Gasteiger partial charge in [0.1, 0.15) is 0 Å². The molecule has 1 aromatic rings. The summed E-state index contributed by atoms with van der Waals surface area (Å²) >= 11 is 0. The first-order valence-electron chi connectivity index (χ1n) is 6.49. The molecule has 92 valence electrons. The van der Waals surface area contributed by atoms with Gasteiger partial charge in [-0.25, -0.2) is 0 Å². The zero-order chi connectivity index (χ0) is 12.3. The molecule has 0 spiro atoms. The van der Waals surface area contributed by atoms with E-state index in [1.54, 1.807) is 0 Å². The molecular formula is C15H20NO-. The van der Waals surface area contributed by atoms with Crippen LogP contribution in [0.3, 0.4) is 0 Å². The Morgan fingerprint density at radius 2 is 2.12 bits per heavy atom. The summed E-state index contributed by atoms with van der Waals surface area (Å²) in [6.07, 6.45) is 4.44. The molecule has 0 radical (unpaired) electrons. The van der Waals surface area contributed by atoms with E-state index in [9.17, 15) is 5.11 Å². The highest BCUT2D eigenvalue weighted by atomic mass is 16.3. The monoisotopic (exact) mass is 230 g/mol. The molecule has 2 heteroatoms. The highest BCUT2D eigenvalue weighted by Crippen LogP contribution is 2.20. The van der Waals surface area contributed by atoms with Crippen LogP contribution in [0.25, 0.3) is 0 Å². The standard InChI is InChI=1S/C15H21NO/c1-11-5-3-7-13-8-4-6-12(2)14(13)15(17)16-10-9-11/h4,6,8,11H,3,5,7,9-10H2,1-2H3,(H,16,17)/p-1. The van der Waals surface area contributed by atoms with Gasteiger partial charge in [0.2, 0.25) is 0 Å². The molecule has 2 rings (SSSR count). The lowest BCUT2D eigenvalue weighted by atomic mass is 9.93. The van der Waals surface area contributed by atoms with E-state index in [1.807, 2.05) is 19.1 Å². The molecule has 0 saturated carbocycles. The van der Waals surface area contributed by atoms with Crippen LogP contribution in [0.2, 0.25) is 0 Å². The highest BCUT2D eigenvalue weighted by molar-refractivity contribution is 5.93.